The Kier molecular flexibility index (Phi) is 5.72. The molecule has 4 nitrogen and oxygen atoms in total. The Labute approximate surface area is 155 Å². The van der Waals surface area contributed by atoms with E-state index < -0.39 is 0 Å². The second-order valence-electron chi connectivity index (χ2n) is 7.06. The third kappa shape index (κ3) is 4.57. The Morgan fingerprint density at radius 2 is 1.38 bits per heavy atom. The van der Waals surface area contributed by atoms with E-state index >= 15 is 0 Å². The van der Waals surface area contributed by atoms with E-state index in [0.717, 1.165) is 37.4 Å². The number of hydrogen-bond donors (Lipinski definition) is 0. The lowest BCUT2D eigenvalue weighted by Crippen LogP contribution is -2.29. The summed E-state index contributed by atoms with van der Waals surface area (Å²) in [7, 11) is 0. The molecule has 0 atom stereocenters. The lowest BCUT2D eigenvalue weighted by molar-refractivity contribution is -0.178. The summed E-state index contributed by atoms with van der Waals surface area (Å²) < 4.78 is 11.2. The van der Waals surface area contributed by atoms with E-state index in [9.17, 15) is 0 Å². The first-order valence-electron chi connectivity index (χ1n) is 9.71. The third-order valence-corrected chi connectivity index (χ3v) is 5.06. The average molecular weight is 353 g/mol. The second kappa shape index (κ2) is 8.56. The Bertz CT molecular complexity index is 708. The molecule has 138 valence electrons. The monoisotopic (exact) mass is 353 g/mol. The maximum atomic E-state index is 5.90. The molecular weight excluding hydrogens is 326 g/mol. The minimum absolute atomic E-state index is 0.636. The molecule has 2 aliphatic rings. The van der Waals surface area contributed by atoms with Crippen molar-refractivity contribution in [3.8, 4) is 11.5 Å². The number of piperidine rings is 1. The highest BCUT2D eigenvalue weighted by Gasteiger charge is 2.12. The topological polar surface area (TPSA) is 30.9 Å². The van der Waals surface area contributed by atoms with Crippen LogP contribution >= 0.6 is 0 Å². The lowest BCUT2D eigenvalue weighted by Gasteiger charge is -2.25. The van der Waals surface area contributed by atoms with Gasteiger partial charge in [0.15, 0.2) is 11.5 Å². The van der Waals surface area contributed by atoms with Crippen LogP contribution in [0.1, 0.15) is 36.0 Å². The molecule has 26 heavy (non-hydrogen) atoms. The summed E-state index contributed by atoms with van der Waals surface area (Å²) in [5.74, 6) is 1.73. The molecular formula is C22H27NO3. The molecule has 0 unspecified atom stereocenters. The van der Waals surface area contributed by atoms with Crippen LogP contribution in [0, 0.1) is 0 Å². The Morgan fingerprint density at radius 3 is 2.19 bits per heavy atom. The lowest BCUT2D eigenvalue weighted by atomic mass is 10.0. The molecule has 0 saturated carbocycles. The number of hydroxylamine groups is 2. The van der Waals surface area contributed by atoms with E-state index in [1.807, 2.05) is 6.07 Å². The summed E-state index contributed by atoms with van der Waals surface area (Å²) in [4.78, 5) is 5.90. The first-order chi connectivity index (χ1) is 12.9. The molecule has 0 N–H and O–H groups in total. The van der Waals surface area contributed by atoms with E-state index in [0.29, 0.717) is 19.8 Å². The van der Waals surface area contributed by atoms with Crippen LogP contribution in [0.4, 0.5) is 0 Å². The van der Waals surface area contributed by atoms with Crippen LogP contribution in [0.3, 0.4) is 0 Å². The van der Waals surface area contributed by atoms with Crippen molar-refractivity contribution in [3.63, 3.8) is 0 Å². The van der Waals surface area contributed by atoms with Gasteiger partial charge in [-0.05, 0) is 54.5 Å². The zero-order valence-electron chi connectivity index (χ0n) is 15.3. The van der Waals surface area contributed by atoms with Crippen LogP contribution in [0.25, 0.3) is 0 Å². The highest BCUT2D eigenvalue weighted by atomic mass is 16.7. The van der Waals surface area contributed by atoms with E-state index in [4.69, 9.17) is 14.3 Å². The molecule has 0 amide bonds. The number of ether oxygens (including phenoxy) is 2. The number of benzene rings is 2. The first-order valence-corrected chi connectivity index (χ1v) is 9.71. The fourth-order valence-electron chi connectivity index (χ4n) is 3.49. The summed E-state index contributed by atoms with van der Waals surface area (Å²) in [6, 6.07) is 15.1. The fourth-order valence-corrected chi connectivity index (χ4v) is 3.49. The Hall–Kier alpha value is -2.04. The van der Waals surface area contributed by atoms with Crippen molar-refractivity contribution in [2.24, 2.45) is 0 Å². The van der Waals surface area contributed by atoms with Crippen molar-refractivity contribution in [1.29, 1.82) is 0 Å². The Morgan fingerprint density at radius 1 is 0.731 bits per heavy atom. The van der Waals surface area contributed by atoms with Crippen LogP contribution in [0.15, 0.2) is 42.5 Å². The minimum atomic E-state index is 0.636. The summed E-state index contributed by atoms with van der Waals surface area (Å²) in [6.45, 7) is 4.07. The number of nitrogens with zero attached hydrogens (tertiary/aromatic N) is 1. The first kappa shape index (κ1) is 17.4. The van der Waals surface area contributed by atoms with Crippen molar-refractivity contribution in [2.75, 3.05) is 26.3 Å². The zero-order valence-corrected chi connectivity index (χ0v) is 15.3. The maximum Gasteiger partial charge on any atom is 0.161 e. The molecule has 2 aromatic rings. The zero-order chi connectivity index (χ0) is 17.6. The van der Waals surface area contributed by atoms with Gasteiger partial charge < -0.3 is 9.47 Å². The van der Waals surface area contributed by atoms with Crippen molar-refractivity contribution < 1.29 is 14.3 Å². The number of rotatable bonds is 6. The standard InChI is InChI=1S/C22H27NO3/c1-2-12-23(13-3-1)26-17-20-8-5-18(6-9-20)4-7-19-10-11-21-22(16-19)25-15-14-24-21/h5-6,8-11,16H,1-4,7,12-15,17H2. The van der Waals surface area contributed by atoms with Crippen LogP contribution in [0.5, 0.6) is 11.5 Å². The molecule has 0 aliphatic carbocycles. The van der Waals surface area contributed by atoms with Gasteiger partial charge in [-0.15, -0.1) is 0 Å². The van der Waals surface area contributed by atoms with Crippen molar-refractivity contribution in [1.82, 2.24) is 5.06 Å². The molecule has 2 aromatic carbocycles. The highest BCUT2D eigenvalue weighted by molar-refractivity contribution is 5.44. The van der Waals surface area contributed by atoms with Crippen molar-refractivity contribution in [3.05, 3.63) is 59.2 Å². The second-order valence-corrected chi connectivity index (χ2v) is 7.06. The van der Waals surface area contributed by atoms with Crippen LogP contribution in [-0.2, 0) is 24.3 Å². The molecule has 4 rings (SSSR count). The fraction of sp³-hybridized carbons (Fsp3) is 0.455. The van der Waals surface area contributed by atoms with Crippen LogP contribution in [0.2, 0.25) is 0 Å². The molecule has 2 heterocycles. The summed E-state index contributed by atoms with van der Waals surface area (Å²) in [5.41, 5.74) is 3.87. The molecule has 0 radical (unpaired) electrons. The van der Waals surface area contributed by atoms with Crippen molar-refractivity contribution >= 4 is 0 Å². The smallest absolute Gasteiger partial charge is 0.161 e. The molecule has 1 saturated heterocycles. The van der Waals surface area contributed by atoms with Gasteiger partial charge >= 0.3 is 0 Å². The molecule has 0 aromatic heterocycles. The maximum absolute atomic E-state index is 5.90. The SMILES string of the molecule is c1cc(CON2CCCCC2)ccc1CCc1ccc2c(c1)OCCO2. The minimum Gasteiger partial charge on any atom is -0.486 e. The average Bonchev–Trinajstić information content (AvgIpc) is 2.72. The van der Waals surface area contributed by atoms with E-state index in [-0.39, 0.29) is 0 Å². The normalized spacial score (nSPS) is 17.2. The molecule has 4 heteroatoms. The summed E-state index contributed by atoms with van der Waals surface area (Å²) in [5, 5.41) is 2.11. The van der Waals surface area contributed by atoms with Crippen LogP contribution < -0.4 is 9.47 Å². The predicted octanol–water partition coefficient (Wildman–Crippen LogP) is 4.16. The van der Waals surface area contributed by atoms with Gasteiger partial charge in [0.1, 0.15) is 13.2 Å². The predicted molar refractivity (Wildman–Crippen MR) is 101 cm³/mol. The summed E-state index contributed by atoms with van der Waals surface area (Å²) in [6.07, 6.45) is 5.85. The number of fused-ring (bicyclic) bond motifs is 1. The van der Waals surface area contributed by atoms with Gasteiger partial charge in [-0.3, -0.25) is 4.84 Å². The van der Waals surface area contributed by atoms with E-state index in [1.54, 1.807) is 0 Å². The molecule has 2 aliphatic heterocycles. The van der Waals surface area contributed by atoms with E-state index in [1.165, 1.54) is 36.0 Å². The quantitative estimate of drug-likeness (QED) is 0.780. The molecule has 1 fully saturated rings. The highest BCUT2D eigenvalue weighted by Crippen LogP contribution is 2.31. The number of aryl methyl sites for hydroxylation is 2. The number of hydrogen-bond acceptors (Lipinski definition) is 4. The largest absolute Gasteiger partial charge is 0.486 e. The van der Waals surface area contributed by atoms with Gasteiger partial charge in [-0.25, -0.2) is 0 Å². The molecule has 0 spiro atoms. The van der Waals surface area contributed by atoms with Crippen LogP contribution in [-0.4, -0.2) is 31.4 Å². The van der Waals surface area contributed by atoms with Gasteiger partial charge in [-0.1, -0.05) is 36.8 Å². The summed E-state index contributed by atoms with van der Waals surface area (Å²) >= 11 is 0. The van der Waals surface area contributed by atoms with Gasteiger partial charge in [0, 0.05) is 13.1 Å². The van der Waals surface area contributed by atoms with Gasteiger partial charge in [0.2, 0.25) is 0 Å². The third-order valence-electron chi connectivity index (χ3n) is 5.06. The van der Waals surface area contributed by atoms with E-state index in [2.05, 4.69) is 41.5 Å². The Balaban J connectivity index is 1.27. The molecule has 0 bridgehead atoms. The van der Waals surface area contributed by atoms with Crippen molar-refractivity contribution in [2.45, 2.75) is 38.7 Å². The van der Waals surface area contributed by atoms with Gasteiger partial charge in [0.25, 0.3) is 0 Å². The van der Waals surface area contributed by atoms with Gasteiger partial charge in [-0.2, -0.15) is 5.06 Å². The van der Waals surface area contributed by atoms with Gasteiger partial charge in [0.05, 0.1) is 6.61 Å².